The van der Waals surface area contributed by atoms with Crippen molar-refractivity contribution in [2.45, 2.75) is 32.9 Å². The van der Waals surface area contributed by atoms with Gasteiger partial charge in [0, 0.05) is 28.7 Å². The minimum absolute atomic E-state index is 0.0871. The van der Waals surface area contributed by atoms with Crippen LogP contribution in [0.5, 0.6) is 0 Å². The summed E-state index contributed by atoms with van der Waals surface area (Å²) in [5.74, 6) is 0. The number of nitrogens with one attached hydrogen (secondary N) is 1. The van der Waals surface area contributed by atoms with Gasteiger partial charge in [0.25, 0.3) is 5.69 Å². The third-order valence-corrected chi connectivity index (χ3v) is 2.28. The lowest BCUT2D eigenvalue weighted by Crippen LogP contribution is -2.35. The van der Waals surface area contributed by atoms with Crippen molar-refractivity contribution in [3.8, 4) is 0 Å². The maximum Gasteiger partial charge on any atom is 0.273 e. The third kappa shape index (κ3) is 3.79. The first-order valence-electron chi connectivity index (χ1n) is 4.97. The fourth-order valence-electron chi connectivity index (χ4n) is 1.23. The maximum atomic E-state index is 10.8. The molecule has 0 radical (unpaired) electrons. The molecule has 0 aromatic heterocycles. The van der Waals surface area contributed by atoms with E-state index in [2.05, 4.69) is 5.32 Å². The molecule has 4 nitrogen and oxygen atoms in total. The van der Waals surface area contributed by atoms with Gasteiger partial charge in [-0.05, 0) is 32.9 Å². The Labute approximate surface area is 99.8 Å². The van der Waals surface area contributed by atoms with E-state index in [-0.39, 0.29) is 11.2 Å². The number of halogens is 1. The Bertz CT molecular complexity index is 399. The largest absolute Gasteiger partial charge is 0.308 e. The number of nitro groups is 1. The van der Waals surface area contributed by atoms with Gasteiger partial charge in [-0.1, -0.05) is 11.6 Å². The molecule has 0 aliphatic heterocycles. The van der Waals surface area contributed by atoms with Gasteiger partial charge in [-0.15, -0.1) is 0 Å². The van der Waals surface area contributed by atoms with Gasteiger partial charge in [-0.25, -0.2) is 0 Å². The zero-order chi connectivity index (χ0) is 12.3. The molecule has 16 heavy (non-hydrogen) atoms. The summed E-state index contributed by atoms with van der Waals surface area (Å²) in [5.41, 5.74) is 0.615. The topological polar surface area (TPSA) is 55.2 Å². The molecule has 0 fully saturated rings. The first-order valence-corrected chi connectivity index (χ1v) is 5.35. The standard InChI is InChI=1S/C11H15ClN2O2/c1-11(2,3)13-7-8-6-9(12)4-5-10(8)14(15)16/h4-6,13H,7H2,1-3H3. The van der Waals surface area contributed by atoms with Crippen molar-refractivity contribution >= 4 is 17.3 Å². The number of nitrogens with zero attached hydrogens (tertiary/aromatic N) is 1. The van der Waals surface area contributed by atoms with E-state index in [0.29, 0.717) is 17.1 Å². The van der Waals surface area contributed by atoms with Crippen LogP contribution in [0.1, 0.15) is 26.3 Å². The second kappa shape index (κ2) is 4.80. The summed E-state index contributed by atoms with van der Waals surface area (Å²) < 4.78 is 0. The van der Waals surface area contributed by atoms with E-state index in [1.165, 1.54) is 12.1 Å². The van der Waals surface area contributed by atoms with Crippen LogP contribution in [0.2, 0.25) is 5.02 Å². The minimum atomic E-state index is -0.393. The van der Waals surface area contributed by atoms with Crippen LogP contribution < -0.4 is 5.32 Å². The van der Waals surface area contributed by atoms with Gasteiger partial charge in [0.2, 0.25) is 0 Å². The average molecular weight is 243 g/mol. The van der Waals surface area contributed by atoms with Crippen LogP contribution in [0.3, 0.4) is 0 Å². The molecule has 0 saturated heterocycles. The van der Waals surface area contributed by atoms with Crippen LogP contribution in [0.15, 0.2) is 18.2 Å². The van der Waals surface area contributed by atoms with Crippen molar-refractivity contribution in [2.24, 2.45) is 0 Å². The first kappa shape index (κ1) is 12.9. The van der Waals surface area contributed by atoms with Gasteiger partial charge in [0.15, 0.2) is 0 Å². The van der Waals surface area contributed by atoms with E-state index >= 15 is 0 Å². The summed E-state index contributed by atoms with van der Waals surface area (Å²) in [7, 11) is 0. The molecule has 0 atom stereocenters. The highest BCUT2D eigenvalue weighted by atomic mass is 35.5. The normalized spacial score (nSPS) is 11.5. The van der Waals surface area contributed by atoms with E-state index in [4.69, 9.17) is 11.6 Å². The number of hydrogen-bond acceptors (Lipinski definition) is 3. The first-order chi connectivity index (χ1) is 7.29. The van der Waals surface area contributed by atoms with Crippen molar-refractivity contribution in [2.75, 3.05) is 0 Å². The van der Waals surface area contributed by atoms with Crippen LogP contribution in [0, 0.1) is 10.1 Å². The van der Waals surface area contributed by atoms with E-state index in [0.717, 1.165) is 0 Å². The fourth-order valence-corrected chi connectivity index (χ4v) is 1.43. The lowest BCUT2D eigenvalue weighted by atomic mass is 10.1. The molecule has 0 unspecified atom stereocenters. The van der Waals surface area contributed by atoms with Crippen LogP contribution in [-0.4, -0.2) is 10.5 Å². The smallest absolute Gasteiger partial charge is 0.273 e. The molecule has 1 N–H and O–H groups in total. The minimum Gasteiger partial charge on any atom is -0.308 e. The van der Waals surface area contributed by atoms with Crippen molar-refractivity contribution < 1.29 is 4.92 Å². The monoisotopic (exact) mass is 242 g/mol. The van der Waals surface area contributed by atoms with E-state index in [1.54, 1.807) is 6.07 Å². The predicted molar refractivity (Wildman–Crippen MR) is 64.7 cm³/mol. The summed E-state index contributed by atoms with van der Waals surface area (Å²) in [6, 6.07) is 4.58. The molecule has 0 bridgehead atoms. The Morgan fingerprint density at radius 1 is 1.44 bits per heavy atom. The lowest BCUT2D eigenvalue weighted by molar-refractivity contribution is -0.385. The molecule has 0 saturated carbocycles. The Hall–Kier alpha value is -1.13. The van der Waals surface area contributed by atoms with Gasteiger partial charge < -0.3 is 5.32 Å². The van der Waals surface area contributed by atoms with Gasteiger partial charge in [-0.3, -0.25) is 10.1 Å². The van der Waals surface area contributed by atoms with Crippen molar-refractivity contribution in [3.63, 3.8) is 0 Å². The van der Waals surface area contributed by atoms with Crippen molar-refractivity contribution in [1.82, 2.24) is 5.32 Å². The number of hydrogen-bond donors (Lipinski definition) is 1. The quantitative estimate of drug-likeness (QED) is 0.654. The van der Waals surface area contributed by atoms with Gasteiger partial charge in [0.1, 0.15) is 0 Å². The lowest BCUT2D eigenvalue weighted by Gasteiger charge is -2.20. The van der Waals surface area contributed by atoms with Crippen molar-refractivity contribution in [3.05, 3.63) is 38.9 Å². The van der Waals surface area contributed by atoms with Crippen molar-refractivity contribution in [1.29, 1.82) is 0 Å². The molecule has 0 aliphatic rings. The molecular formula is C11H15ClN2O2. The average Bonchev–Trinajstić information content (AvgIpc) is 2.13. The molecule has 88 valence electrons. The fraction of sp³-hybridized carbons (Fsp3) is 0.455. The van der Waals surface area contributed by atoms with Crippen LogP contribution >= 0.6 is 11.6 Å². The summed E-state index contributed by atoms with van der Waals surface area (Å²) in [6.45, 7) is 6.44. The number of rotatable bonds is 3. The molecule has 0 heterocycles. The van der Waals surface area contributed by atoms with E-state index < -0.39 is 4.92 Å². The highest BCUT2D eigenvalue weighted by Crippen LogP contribution is 2.23. The second-order valence-corrected chi connectivity index (χ2v) is 5.07. The summed E-state index contributed by atoms with van der Waals surface area (Å²) in [6.07, 6.45) is 0. The highest BCUT2D eigenvalue weighted by Gasteiger charge is 2.16. The van der Waals surface area contributed by atoms with Crippen LogP contribution in [0.4, 0.5) is 5.69 Å². The number of benzene rings is 1. The zero-order valence-corrected chi connectivity index (χ0v) is 10.3. The Morgan fingerprint density at radius 3 is 2.56 bits per heavy atom. The molecule has 0 spiro atoms. The second-order valence-electron chi connectivity index (χ2n) is 4.63. The van der Waals surface area contributed by atoms with Crippen LogP contribution in [-0.2, 0) is 6.54 Å². The van der Waals surface area contributed by atoms with Gasteiger partial charge in [-0.2, -0.15) is 0 Å². The molecule has 1 rings (SSSR count). The van der Waals surface area contributed by atoms with E-state index in [9.17, 15) is 10.1 Å². The molecular weight excluding hydrogens is 228 g/mol. The molecule has 1 aromatic carbocycles. The molecule has 1 aromatic rings. The Kier molecular flexibility index (Phi) is 3.88. The molecule has 0 aliphatic carbocycles. The summed E-state index contributed by atoms with van der Waals surface area (Å²) in [4.78, 5) is 10.4. The summed E-state index contributed by atoms with van der Waals surface area (Å²) >= 11 is 5.82. The summed E-state index contributed by atoms with van der Waals surface area (Å²) in [5, 5.41) is 14.5. The van der Waals surface area contributed by atoms with Crippen LogP contribution in [0.25, 0.3) is 0 Å². The van der Waals surface area contributed by atoms with E-state index in [1.807, 2.05) is 20.8 Å². The Balaban J connectivity index is 2.93. The number of nitro benzene ring substituents is 1. The zero-order valence-electron chi connectivity index (χ0n) is 9.58. The van der Waals surface area contributed by atoms with Gasteiger partial charge >= 0.3 is 0 Å². The highest BCUT2D eigenvalue weighted by molar-refractivity contribution is 6.30. The molecule has 5 heteroatoms. The third-order valence-electron chi connectivity index (χ3n) is 2.05. The Morgan fingerprint density at radius 2 is 2.06 bits per heavy atom. The molecule has 0 amide bonds. The van der Waals surface area contributed by atoms with Gasteiger partial charge in [0.05, 0.1) is 4.92 Å². The maximum absolute atomic E-state index is 10.8. The predicted octanol–water partition coefficient (Wildman–Crippen LogP) is 3.14. The SMILES string of the molecule is CC(C)(C)NCc1cc(Cl)ccc1[N+](=O)[O-].